The van der Waals surface area contributed by atoms with Crippen molar-refractivity contribution < 1.29 is 4.84 Å². The van der Waals surface area contributed by atoms with Crippen molar-refractivity contribution in [3.8, 4) is 0 Å². The second kappa shape index (κ2) is 5.65. The molecule has 1 aromatic rings. The third-order valence-electron chi connectivity index (χ3n) is 3.12. The molecule has 0 atom stereocenters. The Hall–Kier alpha value is -1.16. The standard InChI is InChI=1S/C14H23N3O/c1-10(2)12-9-13(16-14(15-12)11(3)4)17-7-5-6-8-18-17/h9-11H,5-8H2,1-4H3. The zero-order valence-electron chi connectivity index (χ0n) is 11.8. The molecule has 1 aliphatic heterocycles. The van der Waals surface area contributed by atoms with Crippen molar-refractivity contribution in [2.75, 3.05) is 18.2 Å². The number of hydrogen-bond acceptors (Lipinski definition) is 4. The Labute approximate surface area is 109 Å². The summed E-state index contributed by atoms with van der Waals surface area (Å²) in [5.41, 5.74) is 1.10. The van der Waals surface area contributed by atoms with E-state index in [-0.39, 0.29) is 0 Å². The maximum absolute atomic E-state index is 5.68. The van der Waals surface area contributed by atoms with Gasteiger partial charge in [0.15, 0.2) is 5.82 Å². The van der Waals surface area contributed by atoms with E-state index in [1.807, 2.05) is 5.06 Å². The Kier molecular flexibility index (Phi) is 4.17. The van der Waals surface area contributed by atoms with Crippen LogP contribution in [0, 0.1) is 0 Å². The van der Waals surface area contributed by atoms with Crippen molar-refractivity contribution in [3.05, 3.63) is 17.6 Å². The van der Waals surface area contributed by atoms with Crippen LogP contribution in [0.4, 0.5) is 5.82 Å². The van der Waals surface area contributed by atoms with E-state index in [1.54, 1.807) is 0 Å². The first-order chi connectivity index (χ1) is 8.58. The van der Waals surface area contributed by atoms with Gasteiger partial charge < -0.3 is 0 Å². The summed E-state index contributed by atoms with van der Waals surface area (Å²) in [6, 6.07) is 2.06. The normalized spacial score (nSPS) is 16.7. The Balaban J connectivity index is 2.32. The van der Waals surface area contributed by atoms with E-state index in [1.165, 1.54) is 0 Å². The van der Waals surface area contributed by atoms with E-state index in [4.69, 9.17) is 4.84 Å². The zero-order valence-corrected chi connectivity index (χ0v) is 11.8. The maximum atomic E-state index is 5.68. The summed E-state index contributed by atoms with van der Waals surface area (Å²) in [6.07, 6.45) is 2.30. The van der Waals surface area contributed by atoms with Gasteiger partial charge in [0.05, 0.1) is 6.61 Å². The lowest BCUT2D eigenvalue weighted by atomic mass is 10.1. The van der Waals surface area contributed by atoms with Crippen LogP contribution in [0.15, 0.2) is 6.07 Å². The predicted octanol–water partition coefficient (Wildman–Crippen LogP) is 3.26. The quantitative estimate of drug-likeness (QED) is 0.824. The molecule has 0 unspecified atom stereocenters. The lowest BCUT2D eigenvalue weighted by molar-refractivity contribution is 0.0759. The van der Waals surface area contributed by atoms with Crippen LogP contribution in [0.2, 0.25) is 0 Å². The minimum Gasteiger partial charge on any atom is -0.272 e. The number of nitrogens with zero attached hydrogens (tertiary/aromatic N) is 3. The Morgan fingerprint density at radius 2 is 1.89 bits per heavy atom. The molecule has 0 saturated carbocycles. The van der Waals surface area contributed by atoms with E-state index >= 15 is 0 Å². The first-order valence-electron chi connectivity index (χ1n) is 6.87. The van der Waals surface area contributed by atoms with Crippen LogP contribution in [0.1, 0.15) is 63.9 Å². The van der Waals surface area contributed by atoms with Crippen molar-refractivity contribution in [2.45, 2.75) is 52.4 Å². The number of anilines is 1. The SMILES string of the molecule is CC(C)c1cc(N2CCCCO2)nc(C(C)C)n1. The number of hydrogen-bond donors (Lipinski definition) is 0. The summed E-state index contributed by atoms with van der Waals surface area (Å²) in [5, 5.41) is 1.92. The number of hydroxylamine groups is 1. The smallest absolute Gasteiger partial charge is 0.156 e. The Bertz CT molecular complexity index is 372. The summed E-state index contributed by atoms with van der Waals surface area (Å²) >= 11 is 0. The summed E-state index contributed by atoms with van der Waals surface area (Å²) in [7, 11) is 0. The predicted molar refractivity (Wildman–Crippen MR) is 72.7 cm³/mol. The average molecular weight is 249 g/mol. The van der Waals surface area contributed by atoms with E-state index < -0.39 is 0 Å². The highest BCUT2D eigenvalue weighted by molar-refractivity contribution is 5.38. The fraction of sp³-hybridized carbons (Fsp3) is 0.714. The molecule has 1 aliphatic rings. The van der Waals surface area contributed by atoms with Crippen LogP contribution in [0.5, 0.6) is 0 Å². The highest BCUT2D eigenvalue weighted by Gasteiger charge is 2.17. The van der Waals surface area contributed by atoms with E-state index in [0.717, 1.165) is 43.3 Å². The largest absolute Gasteiger partial charge is 0.272 e. The molecule has 4 heteroatoms. The molecule has 0 spiro atoms. The van der Waals surface area contributed by atoms with Gasteiger partial charge in [-0.2, -0.15) is 0 Å². The molecular formula is C14H23N3O. The third kappa shape index (κ3) is 2.99. The Morgan fingerprint density at radius 1 is 1.11 bits per heavy atom. The van der Waals surface area contributed by atoms with Gasteiger partial charge in [-0.25, -0.2) is 15.0 Å². The Morgan fingerprint density at radius 3 is 2.44 bits per heavy atom. The minimum atomic E-state index is 0.340. The molecule has 100 valence electrons. The molecular weight excluding hydrogens is 226 g/mol. The monoisotopic (exact) mass is 249 g/mol. The highest BCUT2D eigenvalue weighted by Crippen LogP contribution is 2.23. The van der Waals surface area contributed by atoms with E-state index in [9.17, 15) is 0 Å². The van der Waals surface area contributed by atoms with Crippen LogP contribution in [-0.4, -0.2) is 23.1 Å². The summed E-state index contributed by atoms with van der Waals surface area (Å²) in [5.74, 6) is 2.57. The molecule has 2 rings (SSSR count). The van der Waals surface area contributed by atoms with Gasteiger partial charge in [-0.05, 0) is 18.8 Å². The molecule has 1 aromatic heterocycles. The van der Waals surface area contributed by atoms with Gasteiger partial charge >= 0.3 is 0 Å². The van der Waals surface area contributed by atoms with E-state index in [2.05, 4.69) is 43.7 Å². The van der Waals surface area contributed by atoms with Crippen LogP contribution in [-0.2, 0) is 4.84 Å². The van der Waals surface area contributed by atoms with Crippen LogP contribution < -0.4 is 5.06 Å². The van der Waals surface area contributed by atoms with Crippen LogP contribution >= 0.6 is 0 Å². The number of rotatable bonds is 3. The molecule has 4 nitrogen and oxygen atoms in total. The van der Waals surface area contributed by atoms with Gasteiger partial charge in [-0.1, -0.05) is 27.7 Å². The first-order valence-corrected chi connectivity index (χ1v) is 6.87. The molecule has 0 bridgehead atoms. The van der Waals surface area contributed by atoms with Gasteiger partial charge in [0.25, 0.3) is 0 Å². The molecule has 0 N–H and O–H groups in total. The molecule has 1 fully saturated rings. The average Bonchev–Trinajstić information content (AvgIpc) is 2.39. The van der Waals surface area contributed by atoms with E-state index in [0.29, 0.717) is 11.8 Å². The van der Waals surface area contributed by atoms with Gasteiger partial charge in [-0.15, -0.1) is 0 Å². The third-order valence-corrected chi connectivity index (χ3v) is 3.12. The molecule has 0 aromatic carbocycles. The second-order valence-electron chi connectivity index (χ2n) is 5.46. The van der Waals surface area contributed by atoms with Gasteiger partial charge in [0, 0.05) is 24.2 Å². The molecule has 1 saturated heterocycles. The lowest BCUT2D eigenvalue weighted by Gasteiger charge is -2.27. The fourth-order valence-corrected chi connectivity index (χ4v) is 1.93. The van der Waals surface area contributed by atoms with Crippen molar-refractivity contribution in [1.82, 2.24) is 9.97 Å². The summed E-state index contributed by atoms with van der Waals surface area (Å²) in [4.78, 5) is 14.9. The zero-order chi connectivity index (χ0) is 13.1. The second-order valence-corrected chi connectivity index (χ2v) is 5.46. The summed E-state index contributed by atoms with van der Waals surface area (Å²) < 4.78 is 0. The van der Waals surface area contributed by atoms with Crippen molar-refractivity contribution in [3.63, 3.8) is 0 Å². The van der Waals surface area contributed by atoms with Gasteiger partial charge in [0.2, 0.25) is 0 Å². The van der Waals surface area contributed by atoms with Crippen molar-refractivity contribution in [2.24, 2.45) is 0 Å². The van der Waals surface area contributed by atoms with Gasteiger partial charge in [0.1, 0.15) is 5.82 Å². The van der Waals surface area contributed by atoms with Crippen molar-refractivity contribution in [1.29, 1.82) is 0 Å². The fourth-order valence-electron chi connectivity index (χ4n) is 1.93. The topological polar surface area (TPSA) is 38.2 Å². The van der Waals surface area contributed by atoms with Crippen LogP contribution in [0.25, 0.3) is 0 Å². The van der Waals surface area contributed by atoms with Gasteiger partial charge in [-0.3, -0.25) is 4.84 Å². The lowest BCUT2D eigenvalue weighted by Crippen LogP contribution is -2.31. The van der Waals surface area contributed by atoms with Crippen LogP contribution in [0.3, 0.4) is 0 Å². The number of aromatic nitrogens is 2. The summed E-state index contributed by atoms with van der Waals surface area (Å²) in [6.45, 7) is 10.3. The molecule has 0 amide bonds. The molecule has 0 radical (unpaired) electrons. The minimum absolute atomic E-state index is 0.340. The molecule has 18 heavy (non-hydrogen) atoms. The molecule has 2 heterocycles. The maximum Gasteiger partial charge on any atom is 0.156 e. The molecule has 0 aliphatic carbocycles. The first kappa shape index (κ1) is 13.3. The highest BCUT2D eigenvalue weighted by atomic mass is 16.7. The van der Waals surface area contributed by atoms with Crippen molar-refractivity contribution >= 4 is 5.82 Å².